The zero-order chi connectivity index (χ0) is 14.8. The standard InChI is InChI=1S/C17H27ClN2/c1-13-8-10-17(11-9-13,20(2)3)16(19)12-14-6-4-5-7-15(14)18/h4-7,13,16H,8-12,19H2,1-3H3. The first-order valence-corrected chi connectivity index (χ1v) is 8.00. The summed E-state index contributed by atoms with van der Waals surface area (Å²) in [7, 11) is 4.34. The summed E-state index contributed by atoms with van der Waals surface area (Å²) >= 11 is 6.29. The Labute approximate surface area is 128 Å². The second kappa shape index (κ2) is 6.46. The Bertz CT molecular complexity index is 436. The summed E-state index contributed by atoms with van der Waals surface area (Å²) in [4.78, 5) is 2.35. The summed E-state index contributed by atoms with van der Waals surface area (Å²) in [5.41, 5.74) is 7.92. The van der Waals surface area contributed by atoms with Gasteiger partial charge in [0.2, 0.25) is 0 Å². The first-order chi connectivity index (χ1) is 9.45. The van der Waals surface area contributed by atoms with E-state index in [1.54, 1.807) is 0 Å². The average molecular weight is 295 g/mol. The molecule has 0 spiro atoms. The second-order valence-electron chi connectivity index (χ2n) is 6.58. The monoisotopic (exact) mass is 294 g/mol. The maximum atomic E-state index is 6.63. The molecule has 3 heteroatoms. The lowest BCUT2D eigenvalue weighted by Crippen LogP contribution is -2.59. The van der Waals surface area contributed by atoms with Crippen molar-refractivity contribution in [2.75, 3.05) is 14.1 Å². The van der Waals surface area contributed by atoms with Gasteiger partial charge in [0.1, 0.15) is 0 Å². The van der Waals surface area contributed by atoms with E-state index in [0.29, 0.717) is 0 Å². The van der Waals surface area contributed by atoms with Crippen LogP contribution < -0.4 is 5.73 Å². The molecule has 2 nitrogen and oxygen atoms in total. The summed E-state index contributed by atoms with van der Waals surface area (Å²) in [6, 6.07) is 8.19. The predicted octanol–water partition coefficient (Wildman–Crippen LogP) is 3.72. The van der Waals surface area contributed by atoms with Crippen LogP contribution in [0.1, 0.15) is 38.2 Å². The molecule has 1 aromatic rings. The molecule has 1 aliphatic rings. The van der Waals surface area contributed by atoms with Gasteiger partial charge in [0.15, 0.2) is 0 Å². The van der Waals surface area contributed by atoms with Crippen LogP contribution in [0.3, 0.4) is 0 Å². The maximum absolute atomic E-state index is 6.63. The molecule has 0 aromatic heterocycles. The van der Waals surface area contributed by atoms with Crippen molar-refractivity contribution < 1.29 is 0 Å². The van der Waals surface area contributed by atoms with Crippen LogP contribution in [0.4, 0.5) is 0 Å². The molecule has 0 radical (unpaired) electrons. The van der Waals surface area contributed by atoms with Crippen LogP contribution in [0.2, 0.25) is 5.02 Å². The normalized spacial score (nSPS) is 28.6. The van der Waals surface area contributed by atoms with Crippen LogP contribution in [-0.2, 0) is 6.42 Å². The fourth-order valence-corrected chi connectivity index (χ4v) is 3.72. The molecule has 2 rings (SSSR count). The lowest BCUT2D eigenvalue weighted by atomic mass is 9.71. The largest absolute Gasteiger partial charge is 0.326 e. The third kappa shape index (κ3) is 3.19. The molecule has 2 N–H and O–H groups in total. The second-order valence-corrected chi connectivity index (χ2v) is 6.99. The van der Waals surface area contributed by atoms with Crippen molar-refractivity contribution in [1.29, 1.82) is 0 Å². The summed E-state index contributed by atoms with van der Waals surface area (Å²) in [6.45, 7) is 2.35. The molecular formula is C17H27ClN2. The summed E-state index contributed by atoms with van der Waals surface area (Å²) < 4.78 is 0. The molecule has 0 saturated heterocycles. The van der Waals surface area contributed by atoms with Crippen molar-refractivity contribution in [3.63, 3.8) is 0 Å². The van der Waals surface area contributed by atoms with E-state index in [-0.39, 0.29) is 11.6 Å². The van der Waals surface area contributed by atoms with Gasteiger partial charge in [-0.15, -0.1) is 0 Å². The minimum Gasteiger partial charge on any atom is -0.326 e. The Balaban J connectivity index is 2.16. The van der Waals surface area contributed by atoms with E-state index < -0.39 is 0 Å². The van der Waals surface area contributed by atoms with E-state index in [1.165, 1.54) is 31.2 Å². The van der Waals surface area contributed by atoms with Crippen LogP contribution in [0.15, 0.2) is 24.3 Å². The predicted molar refractivity (Wildman–Crippen MR) is 87.2 cm³/mol. The molecule has 1 fully saturated rings. The van der Waals surface area contributed by atoms with Gasteiger partial charge in [0, 0.05) is 16.6 Å². The molecule has 1 atom stereocenters. The number of nitrogens with two attached hydrogens (primary N) is 1. The van der Waals surface area contributed by atoms with E-state index in [1.807, 2.05) is 18.2 Å². The molecule has 20 heavy (non-hydrogen) atoms. The number of nitrogens with zero attached hydrogens (tertiary/aromatic N) is 1. The third-order valence-electron chi connectivity index (χ3n) is 5.12. The minimum atomic E-state index is 0.117. The number of hydrogen-bond acceptors (Lipinski definition) is 2. The molecular weight excluding hydrogens is 268 g/mol. The maximum Gasteiger partial charge on any atom is 0.0438 e. The quantitative estimate of drug-likeness (QED) is 0.917. The van der Waals surface area contributed by atoms with Crippen LogP contribution in [0, 0.1) is 5.92 Å². The minimum absolute atomic E-state index is 0.117. The van der Waals surface area contributed by atoms with Crippen LogP contribution in [0.5, 0.6) is 0 Å². The van der Waals surface area contributed by atoms with E-state index in [2.05, 4.69) is 32.0 Å². The molecule has 1 unspecified atom stereocenters. The van der Waals surface area contributed by atoms with Gasteiger partial charge in [0.25, 0.3) is 0 Å². The highest BCUT2D eigenvalue weighted by molar-refractivity contribution is 6.31. The number of benzene rings is 1. The fourth-order valence-electron chi connectivity index (χ4n) is 3.50. The van der Waals surface area contributed by atoms with Crippen molar-refractivity contribution >= 4 is 11.6 Å². The van der Waals surface area contributed by atoms with E-state index in [4.69, 9.17) is 17.3 Å². The molecule has 0 bridgehead atoms. The van der Waals surface area contributed by atoms with Gasteiger partial charge in [-0.25, -0.2) is 0 Å². The molecule has 0 aliphatic heterocycles. The molecule has 1 aliphatic carbocycles. The average Bonchev–Trinajstić information content (AvgIpc) is 2.42. The van der Waals surface area contributed by atoms with E-state index >= 15 is 0 Å². The Morgan fingerprint density at radius 3 is 2.45 bits per heavy atom. The first-order valence-electron chi connectivity index (χ1n) is 7.62. The van der Waals surface area contributed by atoms with Crippen molar-refractivity contribution in [1.82, 2.24) is 4.90 Å². The highest BCUT2D eigenvalue weighted by Gasteiger charge is 2.41. The van der Waals surface area contributed by atoms with Crippen molar-refractivity contribution in [3.8, 4) is 0 Å². The van der Waals surface area contributed by atoms with Gasteiger partial charge < -0.3 is 10.6 Å². The van der Waals surface area contributed by atoms with E-state index in [0.717, 1.165) is 17.4 Å². The Morgan fingerprint density at radius 2 is 1.90 bits per heavy atom. The van der Waals surface area contributed by atoms with Gasteiger partial charge in [-0.05, 0) is 63.7 Å². The lowest BCUT2D eigenvalue weighted by molar-refractivity contribution is 0.0568. The summed E-state index contributed by atoms with van der Waals surface area (Å²) in [5, 5.41) is 0.834. The third-order valence-corrected chi connectivity index (χ3v) is 5.49. The van der Waals surface area contributed by atoms with Crippen LogP contribution in [-0.4, -0.2) is 30.6 Å². The van der Waals surface area contributed by atoms with E-state index in [9.17, 15) is 0 Å². The molecule has 112 valence electrons. The molecule has 1 saturated carbocycles. The summed E-state index contributed by atoms with van der Waals surface area (Å²) in [5.74, 6) is 0.829. The van der Waals surface area contributed by atoms with Crippen molar-refractivity contribution in [2.24, 2.45) is 11.7 Å². The number of likely N-dealkylation sites (N-methyl/N-ethyl adjacent to an activating group) is 1. The molecule has 0 heterocycles. The molecule has 1 aromatic carbocycles. The van der Waals surface area contributed by atoms with Gasteiger partial charge in [-0.1, -0.05) is 36.7 Å². The molecule has 0 amide bonds. The SMILES string of the molecule is CC1CCC(C(N)Cc2ccccc2Cl)(N(C)C)CC1. The number of halogens is 1. The number of rotatable bonds is 4. The Hall–Kier alpha value is -0.570. The van der Waals surface area contributed by atoms with Crippen LogP contribution >= 0.6 is 11.6 Å². The lowest BCUT2D eigenvalue weighted by Gasteiger charge is -2.48. The first kappa shape index (κ1) is 15.8. The van der Waals surface area contributed by atoms with Gasteiger partial charge in [0.05, 0.1) is 0 Å². The highest BCUT2D eigenvalue weighted by atomic mass is 35.5. The topological polar surface area (TPSA) is 29.3 Å². The van der Waals surface area contributed by atoms with Gasteiger partial charge >= 0.3 is 0 Å². The highest BCUT2D eigenvalue weighted by Crippen LogP contribution is 2.38. The number of hydrogen-bond donors (Lipinski definition) is 1. The Kier molecular flexibility index (Phi) is 5.11. The van der Waals surface area contributed by atoms with Gasteiger partial charge in [-0.3, -0.25) is 0 Å². The van der Waals surface area contributed by atoms with Crippen molar-refractivity contribution in [3.05, 3.63) is 34.9 Å². The Morgan fingerprint density at radius 1 is 1.30 bits per heavy atom. The van der Waals surface area contributed by atoms with Crippen LogP contribution in [0.25, 0.3) is 0 Å². The fraction of sp³-hybridized carbons (Fsp3) is 0.647. The summed E-state index contributed by atoms with van der Waals surface area (Å²) in [6.07, 6.45) is 5.77. The van der Waals surface area contributed by atoms with Crippen molar-refractivity contribution in [2.45, 2.75) is 50.6 Å². The zero-order valence-electron chi connectivity index (χ0n) is 12.9. The van der Waals surface area contributed by atoms with Gasteiger partial charge in [-0.2, -0.15) is 0 Å². The zero-order valence-corrected chi connectivity index (χ0v) is 13.7. The smallest absolute Gasteiger partial charge is 0.0438 e.